The summed E-state index contributed by atoms with van der Waals surface area (Å²) in [5.74, 6) is -2.95. The van der Waals surface area contributed by atoms with E-state index in [4.69, 9.17) is 0 Å². The van der Waals surface area contributed by atoms with Crippen molar-refractivity contribution >= 4 is 39.8 Å². The summed E-state index contributed by atoms with van der Waals surface area (Å²) in [5.41, 5.74) is 3.44. The number of nitrogens with zero attached hydrogens (tertiary/aromatic N) is 2. The summed E-state index contributed by atoms with van der Waals surface area (Å²) in [6, 6.07) is 11.7. The number of carboxylic acids is 2. The summed E-state index contributed by atoms with van der Waals surface area (Å²) < 4.78 is 1.85. The van der Waals surface area contributed by atoms with E-state index in [1.807, 2.05) is 28.1 Å². The highest BCUT2D eigenvalue weighted by Crippen LogP contribution is 2.25. The van der Waals surface area contributed by atoms with Gasteiger partial charge in [0.2, 0.25) is 5.91 Å². The maximum Gasteiger partial charge on any atom is 0.335 e. The monoisotopic (exact) mass is 449 g/mol. The number of carboxylic acid groups (broad SMARTS) is 2. The number of benzene rings is 2. The number of hydrogen-bond donors (Lipinski definition) is 3. The molecule has 8 nitrogen and oxygen atoms in total. The van der Waals surface area contributed by atoms with E-state index >= 15 is 0 Å². The van der Waals surface area contributed by atoms with Crippen LogP contribution in [0.3, 0.4) is 0 Å². The lowest BCUT2D eigenvalue weighted by Crippen LogP contribution is -2.16. The Bertz CT molecular complexity index is 1310. The average molecular weight is 449 g/mol. The van der Waals surface area contributed by atoms with Crippen LogP contribution in [-0.4, -0.2) is 37.4 Å². The van der Waals surface area contributed by atoms with Crippen molar-refractivity contribution in [1.29, 1.82) is 0 Å². The van der Waals surface area contributed by atoms with Crippen LogP contribution in [0.4, 0.5) is 5.69 Å². The number of thiazole rings is 1. The smallest absolute Gasteiger partial charge is 0.335 e. The first kappa shape index (κ1) is 21.3. The quantitative estimate of drug-likeness (QED) is 0.389. The number of imidazole rings is 1. The molecule has 32 heavy (non-hydrogen) atoms. The molecular formula is C23H19N3O5S. The van der Waals surface area contributed by atoms with Crippen molar-refractivity contribution in [2.24, 2.45) is 0 Å². The molecular weight excluding hydrogens is 430 g/mol. The zero-order valence-corrected chi connectivity index (χ0v) is 17.8. The molecule has 0 aliphatic carbocycles. The molecule has 0 fully saturated rings. The van der Waals surface area contributed by atoms with Crippen molar-refractivity contribution in [3.05, 3.63) is 76.4 Å². The van der Waals surface area contributed by atoms with Crippen LogP contribution in [0.15, 0.2) is 54.0 Å². The Labute approximate surface area is 186 Å². The third kappa shape index (κ3) is 4.37. The van der Waals surface area contributed by atoms with Gasteiger partial charge in [0, 0.05) is 28.5 Å². The van der Waals surface area contributed by atoms with Gasteiger partial charge in [-0.1, -0.05) is 31.2 Å². The predicted octanol–water partition coefficient (Wildman–Crippen LogP) is 4.20. The van der Waals surface area contributed by atoms with E-state index in [9.17, 15) is 24.6 Å². The lowest BCUT2D eigenvalue weighted by molar-refractivity contribution is -0.115. The van der Waals surface area contributed by atoms with Gasteiger partial charge in [0.25, 0.3) is 0 Å². The van der Waals surface area contributed by atoms with E-state index in [2.05, 4.69) is 29.4 Å². The molecule has 4 rings (SSSR count). The third-order valence-electron chi connectivity index (χ3n) is 4.99. The van der Waals surface area contributed by atoms with Gasteiger partial charge in [-0.05, 0) is 30.2 Å². The van der Waals surface area contributed by atoms with Crippen molar-refractivity contribution in [3.8, 4) is 11.3 Å². The Balaban J connectivity index is 1.55. The van der Waals surface area contributed by atoms with E-state index in [1.165, 1.54) is 29.0 Å². The Hall–Kier alpha value is -3.98. The van der Waals surface area contributed by atoms with Crippen molar-refractivity contribution < 1.29 is 24.6 Å². The number of carbonyl (C=O) groups is 3. The summed E-state index contributed by atoms with van der Waals surface area (Å²) >= 11 is 1.41. The number of carbonyl (C=O) groups excluding carboxylic acids is 1. The molecule has 162 valence electrons. The van der Waals surface area contributed by atoms with Gasteiger partial charge in [-0.25, -0.2) is 14.6 Å². The summed E-state index contributed by atoms with van der Waals surface area (Å²) in [4.78, 5) is 40.5. The molecule has 2 aromatic carbocycles. The van der Waals surface area contributed by atoms with Crippen LogP contribution in [0.1, 0.15) is 38.9 Å². The molecule has 1 amide bonds. The molecule has 0 atom stereocenters. The fourth-order valence-corrected chi connectivity index (χ4v) is 4.20. The van der Waals surface area contributed by atoms with Crippen LogP contribution in [0, 0.1) is 0 Å². The first-order valence-corrected chi connectivity index (χ1v) is 10.7. The van der Waals surface area contributed by atoms with Crippen LogP contribution < -0.4 is 5.32 Å². The van der Waals surface area contributed by atoms with E-state index in [0.717, 1.165) is 34.4 Å². The van der Waals surface area contributed by atoms with Crippen molar-refractivity contribution in [3.63, 3.8) is 0 Å². The normalized spacial score (nSPS) is 10.9. The number of hydrogen-bond acceptors (Lipinski definition) is 5. The molecule has 0 radical (unpaired) electrons. The van der Waals surface area contributed by atoms with Gasteiger partial charge < -0.3 is 15.5 Å². The molecule has 9 heteroatoms. The van der Waals surface area contributed by atoms with Gasteiger partial charge in [0.1, 0.15) is 0 Å². The van der Waals surface area contributed by atoms with E-state index < -0.39 is 17.8 Å². The zero-order valence-electron chi connectivity index (χ0n) is 17.0. The number of nitrogens with one attached hydrogen (secondary N) is 1. The van der Waals surface area contributed by atoms with Crippen LogP contribution in [0.2, 0.25) is 0 Å². The molecule has 3 N–H and O–H groups in total. The SMILES string of the molecule is CCc1ccc(-c2cn3c(CC(=O)Nc4cc(C(=O)O)cc(C(=O)O)c4)csc3n2)cc1. The number of aromatic carboxylic acids is 2. The largest absolute Gasteiger partial charge is 0.478 e. The maximum atomic E-state index is 12.6. The number of aromatic nitrogens is 2. The van der Waals surface area contributed by atoms with Crippen molar-refractivity contribution in [2.45, 2.75) is 19.8 Å². The maximum absolute atomic E-state index is 12.6. The molecule has 2 heterocycles. The average Bonchev–Trinajstić information content (AvgIpc) is 3.35. The Kier molecular flexibility index (Phi) is 5.74. The van der Waals surface area contributed by atoms with Crippen LogP contribution in [0.25, 0.3) is 16.2 Å². The summed E-state index contributed by atoms with van der Waals surface area (Å²) in [6.07, 6.45) is 2.86. The minimum absolute atomic E-state index is 0.0181. The molecule has 0 unspecified atom stereocenters. The Morgan fingerprint density at radius 2 is 1.69 bits per heavy atom. The van der Waals surface area contributed by atoms with Gasteiger partial charge in [0.05, 0.1) is 23.2 Å². The molecule has 0 saturated heterocycles. The van der Waals surface area contributed by atoms with Gasteiger partial charge in [0.15, 0.2) is 4.96 Å². The second kappa shape index (κ2) is 8.64. The predicted molar refractivity (Wildman–Crippen MR) is 121 cm³/mol. The van der Waals surface area contributed by atoms with Gasteiger partial charge >= 0.3 is 11.9 Å². The number of anilines is 1. The number of rotatable bonds is 7. The second-order valence-corrected chi connectivity index (χ2v) is 8.03. The summed E-state index contributed by atoms with van der Waals surface area (Å²) in [6.45, 7) is 2.10. The van der Waals surface area contributed by atoms with Gasteiger partial charge in [-0.2, -0.15) is 0 Å². The Morgan fingerprint density at radius 3 is 2.28 bits per heavy atom. The number of amides is 1. The molecule has 0 bridgehead atoms. The summed E-state index contributed by atoms with van der Waals surface area (Å²) in [5, 5.41) is 22.8. The molecule has 0 spiro atoms. The van der Waals surface area contributed by atoms with Gasteiger partial charge in [-0.3, -0.25) is 9.20 Å². The minimum Gasteiger partial charge on any atom is -0.478 e. The lowest BCUT2D eigenvalue weighted by Gasteiger charge is -2.08. The second-order valence-electron chi connectivity index (χ2n) is 7.19. The third-order valence-corrected chi connectivity index (χ3v) is 5.88. The lowest BCUT2D eigenvalue weighted by atomic mass is 10.1. The number of aryl methyl sites for hydroxylation is 1. The first-order valence-electron chi connectivity index (χ1n) is 9.80. The number of fused-ring (bicyclic) bond motifs is 1. The highest BCUT2D eigenvalue weighted by molar-refractivity contribution is 7.15. The van der Waals surface area contributed by atoms with E-state index in [0.29, 0.717) is 0 Å². The van der Waals surface area contributed by atoms with E-state index in [-0.39, 0.29) is 23.2 Å². The summed E-state index contributed by atoms with van der Waals surface area (Å²) in [7, 11) is 0. The molecule has 2 aromatic heterocycles. The Morgan fingerprint density at radius 1 is 1.03 bits per heavy atom. The standard InChI is InChI=1S/C23H19N3O5S/c1-2-13-3-5-14(6-4-13)19-11-26-18(12-32-23(26)25-19)10-20(27)24-17-8-15(21(28)29)7-16(9-17)22(30)31/h3-9,11-12H,2,10H2,1H3,(H,24,27)(H,28,29)(H,30,31). The highest BCUT2D eigenvalue weighted by atomic mass is 32.1. The highest BCUT2D eigenvalue weighted by Gasteiger charge is 2.15. The fraction of sp³-hybridized carbons (Fsp3) is 0.130. The zero-order chi connectivity index (χ0) is 22.8. The van der Waals surface area contributed by atoms with Crippen LogP contribution in [-0.2, 0) is 17.6 Å². The molecule has 0 saturated carbocycles. The van der Waals surface area contributed by atoms with Crippen LogP contribution >= 0.6 is 11.3 Å². The van der Waals surface area contributed by atoms with Crippen LogP contribution in [0.5, 0.6) is 0 Å². The van der Waals surface area contributed by atoms with E-state index in [1.54, 1.807) is 0 Å². The van der Waals surface area contributed by atoms with Gasteiger partial charge in [-0.15, -0.1) is 11.3 Å². The minimum atomic E-state index is -1.28. The fourth-order valence-electron chi connectivity index (χ4n) is 3.32. The molecule has 4 aromatic rings. The topological polar surface area (TPSA) is 121 Å². The van der Waals surface area contributed by atoms with Crippen molar-refractivity contribution in [2.75, 3.05) is 5.32 Å². The molecule has 0 aliphatic rings. The molecule has 0 aliphatic heterocycles. The van der Waals surface area contributed by atoms with Crippen molar-refractivity contribution in [1.82, 2.24) is 9.38 Å². The first-order chi connectivity index (χ1) is 15.3.